The summed E-state index contributed by atoms with van der Waals surface area (Å²) in [6, 6.07) is 4.06. The lowest BCUT2D eigenvalue weighted by atomic mass is 9.37. The zero-order valence-corrected chi connectivity index (χ0v) is 19.2. The summed E-state index contributed by atoms with van der Waals surface area (Å²) < 4.78 is 6.53. The Balaban J connectivity index is 1.43. The van der Waals surface area contributed by atoms with Crippen molar-refractivity contribution < 1.29 is 19.7 Å². The van der Waals surface area contributed by atoms with E-state index in [1.807, 2.05) is 6.08 Å². The van der Waals surface area contributed by atoms with E-state index in [1.54, 1.807) is 24.1 Å². The van der Waals surface area contributed by atoms with Gasteiger partial charge in [0.15, 0.2) is 11.5 Å². The van der Waals surface area contributed by atoms with Gasteiger partial charge >= 0.3 is 0 Å². The van der Waals surface area contributed by atoms with E-state index in [9.17, 15) is 15.0 Å². The molecule has 1 aromatic carbocycles. The molecule has 174 valence electrons. The second-order valence-electron chi connectivity index (χ2n) is 11.4. The maximum atomic E-state index is 13.6. The second kappa shape index (κ2) is 6.22. The Morgan fingerprint density at radius 3 is 2.94 bits per heavy atom. The fraction of sp³-hybridized carbons (Fsp3) is 0.593. The number of hydrogen-bond acceptors (Lipinski definition) is 5. The van der Waals surface area contributed by atoms with Gasteiger partial charge in [0.05, 0.1) is 11.3 Å². The van der Waals surface area contributed by atoms with Crippen molar-refractivity contribution in [2.45, 2.75) is 55.3 Å². The molecule has 33 heavy (non-hydrogen) atoms. The minimum atomic E-state index is -1.41. The molecule has 1 unspecified atom stereocenters. The Morgan fingerprint density at radius 2 is 2.18 bits per heavy atom. The highest BCUT2D eigenvalue weighted by atomic mass is 16.5. The predicted molar refractivity (Wildman–Crippen MR) is 123 cm³/mol. The molecule has 2 heterocycles. The number of phenolic OH excluding ortho intramolecular Hbond substituents is 1. The van der Waals surface area contributed by atoms with Crippen molar-refractivity contribution in [2.24, 2.45) is 17.3 Å². The largest absolute Gasteiger partial charge is 0.504 e. The Hall–Kier alpha value is -2.31. The van der Waals surface area contributed by atoms with Crippen molar-refractivity contribution in [1.82, 2.24) is 9.80 Å². The number of aromatic hydroxyl groups is 1. The minimum absolute atomic E-state index is 0.0580. The van der Waals surface area contributed by atoms with Crippen LogP contribution in [0.4, 0.5) is 0 Å². The lowest BCUT2D eigenvalue weighted by molar-refractivity contribution is -0.209. The van der Waals surface area contributed by atoms with Gasteiger partial charge in [-0.05, 0) is 56.2 Å². The van der Waals surface area contributed by atoms with Gasteiger partial charge in [-0.2, -0.15) is 0 Å². The molecule has 2 aliphatic heterocycles. The summed E-state index contributed by atoms with van der Waals surface area (Å²) in [5, 5.41) is 22.9. The Bertz CT molecular complexity index is 1110. The van der Waals surface area contributed by atoms with Crippen LogP contribution in [-0.2, 0) is 16.6 Å². The molecule has 4 bridgehead atoms. The van der Waals surface area contributed by atoms with Crippen LogP contribution >= 0.6 is 0 Å². The summed E-state index contributed by atoms with van der Waals surface area (Å²) in [5.74, 6) is 0.822. The van der Waals surface area contributed by atoms with Crippen molar-refractivity contribution in [1.29, 1.82) is 0 Å². The van der Waals surface area contributed by atoms with Gasteiger partial charge in [-0.15, -0.1) is 6.58 Å². The van der Waals surface area contributed by atoms with Crippen molar-refractivity contribution in [3.05, 3.63) is 48.1 Å². The van der Waals surface area contributed by atoms with Gasteiger partial charge in [-0.25, -0.2) is 0 Å². The Labute approximate surface area is 194 Å². The van der Waals surface area contributed by atoms with Gasteiger partial charge in [0, 0.05) is 37.2 Å². The number of piperidine rings is 1. The van der Waals surface area contributed by atoms with Crippen LogP contribution in [0.3, 0.4) is 0 Å². The van der Waals surface area contributed by atoms with Gasteiger partial charge in [0.1, 0.15) is 11.7 Å². The van der Waals surface area contributed by atoms with Crippen LogP contribution in [0.1, 0.15) is 36.8 Å². The first-order valence-corrected chi connectivity index (χ1v) is 12.4. The SMILES string of the molecule is C=CCN(C)C(=O)[C@H]1C[C@@]23C=C[C@]1(O)C1Oc4c(O)ccc5c4[C@@]12CCN(CC1CC1)[C@@H]3C5. The molecule has 1 saturated heterocycles. The van der Waals surface area contributed by atoms with E-state index in [1.165, 1.54) is 18.4 Å². The molecule has 0 aromatic heterocycles. The highest BCUT2D eigenvalue weighted by Crippen LogP contribution is 2.74. The van der Waals surface area contributed by atoms with E-state index in [-0.39, 0.29) is 23.1 Å². The number of carbonyl (C=O) groups is 1. The monoisotopic (exact) mass is 448 g/mol. The summed E-state index contributed by atoms with van der Waals surface area (Å²) in [6.07, 6.45) is 10.3. The van der Waals surface area contributed by atoms with E-state index in [2.05, 4.69) is 23.6 Å². The fourth-order valence-electron chi connectivity index (χ4n) is 8.31. The van der Waals surface area contributed by atoms with Crippen LogP contribution in [0, 0.1) is 17.3 Å². The van der Waals surface area contributed by atoms with E-state index in [0.29, 0.717) is 18.7 Å². The first-order valence-electron chi connectivity index (χ1n) is 12.4. The third-order valence-electron chi connectivity index (χ3n) is 9.86. The highest BCUT2D eigenvalue weighted by Gasteiger charge is 2.79. The van der Waals surface area contributed by atoms with E-state index in [4.69, 9.17) is 4.74 Å². The van der Waals surface area contributed by atoms with E-state index >= 15 is 0 Å². The minimum Gasteiger partial charge on any atom is -0.504 e. The van der Waals surface area contributed by atoms with Crippen LogP contribution in [0.25, 0.3) is 0 Å². The number of carbonyl (C=O) groups excluding carboxylic acids is 1. The molecule has 8 rings (SSSR count). The normalized spacial score (nSPS) is 41.5. The maximum Gasteiger partial charge on any atom is 0.229 e. The molecule has 2 saturated carbocycles. The molecule has 6 atom stereocenters. The number of fused-ring (bicyclic) bond motifs is 1. The maximum absolute atomic E-state index is 13.6. The number of rotatable bonds is 5. The number of likely N-dealkylation sites (N-methyl/N-ethyl adjacent to an activating group) is 1. The molecule has 7 aliphatic rings. The van der Waals surface area contributed by atoms with Gasteiger partial charge in [-0.1, -0.05) is 24.3 Å². The average molecular weight is 449 g/mol. The molecular formula is C27H32N2O4. The molecule has 2 N–H and O–H groups in total. The predicted octanol–water partition coefficient (Wildman–Crippen LogP) is 2.38. The smallest absolute Gasteiger partial charge is 0.229 e. The fourth-order valence-corrected chi connectivity index (χ4v) is 8.31. The molecule has 0 radical (unpaired) electrons. The van der Waals surface area contributed by atoms with Crippen molar-refractivity contribution in [3.63, 3.8) is 0 Å². The average Bonchev–Trinajstić information content (AvgIpc) is 3.54. The zero-order chi connectivity index (χ0) is 22.8. The first-order chi connectivity index (χ1) is 15.9. The summed E-state index contributed by atoms with van der Waals surface area (Å²) in [7, 11) is 1.78. The van der Waals surface area contributed by atoms with Crippen LogP contribution in [-0.4, -0.2) is 70.3 Å². The van der Waals surface area contributed by atoms with E-state index < -0.39 is 23.0 Å². The lowest BCUT2D eigenvalue weighted by Crippen LogP contribution is -2.80. The Morgan fingerprint density at radius 1 is 1.36 bits per heavy atom. The molecule has 1 aromatic rings. The van der Waals surface area contributed by atoms with Crippen molar-refractivity contribution in [2.75, 3.05) is 26.7 Å². The molecule has 2 spiro atoms. The number of likely N-dealkylation sites (tertiary alicyclic amines) is 1. The molecule has 6 heteroatoms. The topological polar surface area (TPSA) is 73.2 Å². The number of aliphatic hydroxyl groups is 1. The van der Waals surface area contributed by atoms with Gasteiger partial charge in [0.2, 0.25) is 5.91 Å². The molecule has 5 aliphatic carbocycles. The third-order valence-corrected chi connectivity index (χ3v) is 9.86. The number of hydrogen-bond donors (Lipinski definition) is 2. The first kappa shape index (κ1) is 20.1. The summed E-state index contributed by atoms with van der Waals surface area (Å²) in [6.45, 7) is 6.31. The van der Waals surface area contributed by atoms with Crippen LogP contribution in [0.15, 0.2) is 36.9 Å². The van der Waals surface area contributed by atoms with Gasteiger partial charge in [-0.3, -0.25) is 9.69 Å². The van der Waals surface area contributed by atoms with Crippen molar-refractivity contribution >= 4 is 5.91 Å². The lowest BCUT2D eigenvalue weighted by Gasteiger charge is -2.70. The standard InChI is InChI=1S/C27H32N2O4/c1-3-11-28(2)23(31)18-14-25-8-9-27(18,32)24-26(25)10-12-29(15-16-4-5-16)20(25)13-17-6-7-19(30)22(33-24)21(17)26/h3,6-9,16,18,20,24,30,32H,1,4-5,10-15H2,2H3/t18-,20-,24?,25-,26+,27-/m1/s1. The second-order valence-corrected chi connectivity index (χ2v) is 11.4. The van der Waals surface area contributed by atoms with Gasteiger partial charge in [0.25, 0.3) is 0 Å². The summed E-state index contributed by atoms with van der Waals surface area (Å²) >= 11 is 0. The molecular weight excluding hydrogens is 416 g/mol. The number of ether oxygens (including phenoxy) is 1. The number of phenols is 1. The summed E-state index contributed by atoms with van der Waals surface area (Å²) in [5.41, 5.74) is 0.228. The van der Waals surface area contributed by atoms with Crippen molar-refractivity contribution in [3.8, 4) is 11.5 Å². The highest BCUT2D eigenvalue weighted by molar-refractivity contribution is 5.82. The number of amides is 1. The van der Waals surface area contributed by atoms with Crippen LogP contribution < -0.4 is 4.74 Å². The quantitative estimate of drug-likeness (QED) is 0.677. The molecule has 6 nitrogen and oxygen atoms in total. The number of benzene rings is 1. The molecule has 1 amide bonds. The molecule has 3 fully saturated rings. The van der Waals surface area contributed by atoms with E-state index in [0.717, 1.165) is 37.4 Å². The number of nitrogens with zero attached hydrogens (tertiary/aromatic N) is 2. The Kier molecular flexibility index (Phi) is 3.79. The summed E-state index contributed by atoms with van der Waals surface area (Å²) in [4.78, 5) is 18.0. The van der Waals surface area contributed by atoms with Crippen LogP contribution in [0.2, 0.25) is 0 Å². The van der Waals surface area contributed by atoms with Crippen LogP contribution in [0.5, 0.6) is 11.5 Å². The van der Waals surface area contributed by atoms with Gasteiger partial charge < -0.3 is 19.8 Å². The third kappa shape index (κ3) is 2.20. The zero-order valence-electron chi connectivity index (χ0n) is 19.2.